The molecule has 0 amide bonds. The molecule has 3 heterocycles. The van der Waals surface area contributed by atoms with Crippen LogP contribution in [0.25, 0.3) is 89.2 Å². The first-order valence-corrected chi connectivity index (χ1v) is 14.5. The van der Waals surface area contributed by atoms with E-state index in [1.807, 2.05) is 91.0 Å². The van der Waals surface area contributed by atoms with Gasteiger partial charge in [0.25, 0.3) is 0 Å². The van der Waals surface area contributed by atoms with Crippen molar-refractivity contribution >= 4 is 43.9 Å². The van der Waals surface area contributed by atoms with Gasteiger partial charge in [-0.2, -0.15) is 0 Å². The average molecular weight is 566 g/mol. The zero-order valence-electron chi connectivity index (χ0n) is 23.4. The van der Waals surface area contributed by atoms with E-state index in [0.29, 0.717) is 17.5 Å². The number of benzene rings is 6. The lowest BCUT2D eigenvalue weighted by Gasteiger charge is -2.09. The van der Waals surface area contributed by atoms with Crippen LogP contribution in [0.1, 0.15) is 0 Å². The van der Waals surface area contributed by atoms with Crippen LogP contribution in [0.3, 0.4) is 0 Å². The number of nitrogens with zero attached hydrogens (tertiary/aromatic N) is 3. The number of hydrogen-bond donors (Lipinski definition) is 0. The minimum Gasteiger partial charge on any atom is -0.456 e. The van der Waals surface area contributed by atoms with Crippen LogP contribution in [0.4, 0.5) is 0 Å². The number of hydrogen-bond acceptors (Lipinski definition) is 5. The van der Waals surface area contributed by atoms with Gasteiger partial charge < -0.3 is 8.83 Å². The van der Waals surface area contributed by atoms with Crippen molar-refractivity contribution in [3.05, 3.63) is 140 Å². The molecule has 9 aromatic rings. The van der Waals surface area contributed by atoms with Gasteiger partial charge in [0, 0.05) is 38.2 Å². The lowest BCUT2D eigenvalue weighted by Crippen LogP contribution is -2.00. The minimum absolute atomic E-state index is 0.546. The molecule has 0 aliphatic rings. The summed E-state index contributed by atoms with van der Waals surface area (Å²) >= 11 is 0. The Balaban J connectivity index is 1.27. The van der Waals surface area contributed by atoms with Gasteiger partial charge in [0.15, 0.2) is 17.5 Å². The first-order valence-electron chi connectivity index (χ1n) is 14.5. The van der Waals surface area contributed by atoms with Gasteiger partial charge in [-0.25, -0.2) is 15.0 Å². The second-order valence-corrected chi connectivity index (χ2v) is 10.8. The largest absolute Gasteiger partial charge is 0.456 e. The summed E-state index contributed by atoms with van der Waals surface area (Å²) in [6.07, 6.45) is 0. The Kier molecular flexibility index (Phi) is 5.43. The first-order chi connectivity index (χ1) is 21.8. The van der Waals surface area contributed by atoms with Crippen molar-refractivity contribution in [3.8, 4) is 45.3 Å². The fraction of sp³-hybridized carbons (Fsp3) is 0. The summed E-state index contributed by atoms with van der Waals surface area (Å²) in [5.74, 6) is 1.70. The Bertz CT molecular complexity index is 2500. The lowest BCUT2D eigenvalue weighted by atomic mass is 10.0. The van der Waals surface area contributed by atoms with E-state index in [1.165, 1.54) is 0 Å². The van der Waals surface area contributed by atoms with Crippen molar-refractivity contribution in [2.45, 2.75) is 0 Å². The van der Waals surface area contributed by atoms with Gasteiger partial charge in [-0.3, -0.25) is 0 Å². The lowest BCUT2D eigenvalue weighted by molar-refractivity contribution is 0.669. The van der Waals surface area contributed by atoms with E-state index in [1.54, 1.807) is 0 Å². The molecule has 0 bridgehead atoms. The van der Waals surface area contributed by atoms with Crippen molar-refractivity contribution < 1.29 is 8.83 Å². The van der Waals surface area contributed by atoms with E-state index in [4.69, 9.17) is 23.8 Å². The SMILES string of the molecule is c1ccc(-c2nc(-c3ccc4c(c3)oc3ccccc34)nc(-c3cccc4c3oc3c(-c5ccccc5)cccc34)n2)cc1. The van der Waals surface area contributed by atoms with Crippen LogP contribution < -0.4 is 0 Å². The van der Waals surface area contributed by atoms with Crippen molar-refractivity contribution in [1.29, 1.82) is 0 Å². The van der Waals surface area contributed by atoms with Crippen LogP contribution in [0.15, 0.2) is 148 Å². The van der Waals surface area contributed by atoms with Crippen LogP contribution in [0.5, 0.6) is 0 Å². The maximum atomic E-state index is 6.69. The molecule has 0 aliphatic carbocycles. The molecule has 0 atom stereocenters. The zero-order chi connectivity index (χ0) is 29.0. The van der Waals surface area contributed by atoms with Crippen LogP contribution in [0, 0.1) is 0 Å². The summed E-state index contributed by atoms with van der Waals surface area (Å²) in [5, 5.41) is 4.21. The summed E-state index contributed by atoms with van der Waals surface area (Å²) in [6, 6.07) is 46.9. The minimum atomic E-state index is 0.546. The highest BCUT2D eigenvalue weighted by Crippen LogP contribution is 2.40. The third-order valence-electron chi connectivity index (χ3n) is 8.15. The molecule has 0 fully saturated rings. The second kappa shape index (κ2) is 9.75. The highest BCUT2D eigenvalue weighted by atomic mass is 16.3. The Morgan fingerprint density at radius 3 is 1.68 bits per heavy atom. The predicted octanol–water partition coefficient (Wildman–Crippen LogP) is 10.3. The highest BCUT2D eigenvalue weighted by molar-refractivity contribution is 6.12. The Morgan fingerprint density at radius 2 is 0.909 bits per heavy atom. The molecule has 5 heteroatoms. The Morgan fingerprint density at radius 1 is 0.341 bits per heavy atom. The highest BCUT2D eigenvalue weighted by Gasteiger charge is 2.19. The first kappa shape index (κ1) is 24.5. The molecule has 0 spiro atoms. The zero-order valence-corrected chi connectivity index (χ0v) is 23.4. The third-order valence-corrected chi connectivity index (χ3v) is 8.15. The smallest absolute Gasteiger partial charge is 0.167 e. The van der Waals surface area contributed by atoms with Crippen LogP contribution in [0.2, 0.25) is 0 Å². The standard InChI is InChI=1S/C39H23N3O2/c1-3-11-24(12-4-1)27-16-9-17-30-31-18-10-19-32(36(31)44-35(27)30)39-41-37(25-13-5-2-6-14-25)40-38(42-39)26-21-22-29-28-15-7-8-20-33(28)43-34(29)23-26/h1-23H. The number of fused-ring (bicyclic) bond motifs is 6. The molecule has 0 N–H and O–H groups in total. The second-order valence-electron chi connectivity index (χ2n) is 10.8. The van der Waals surface area contributed by atoms with Crippen molar-refractivity contribution in [2.24, 2.45) is 0 Å². The Labute approximate surface area is 252 Å². The molecule has 44 heavy (non-hydrogen) atoms. The van der Waals surface area contributed by atoms with Crippen LogP contribution in [-0.4, -0.2) is 15.0 Å². The van der Waals surface area contributed by atoms with Gasteiger partial charge >= 0.3 is 0 Å². The van der Waals surface area contributed by atoms with E-state index in [-0.39, 0.29) is 0 Å². The van der Waals surface area contributed by atoms with Crippen molar-refractivity contribution in [1.82, 2.24) is 15.0 Å². The Hall–Kier alpha value is -6.07. The summed E-state index contributed by atoms with van der Waals surface area (Å²) in [4.78, 5) is 15.0. The van der Waals surface area contributed by atoms with Gasteiger partial charge in [0.1, 0.15) is 22.3 Å². The fourth-order valence-electron chi connectivity index (χ4n) is 6.05. The van der Waals surface area contributed by atoms with Crippen molar-refractivity contribution in [3.63, 3.8) is 0 Å². The molecule has 9 rings (SSSR count). The molecule has 3 aromatic heterocycles. The molecule has 0 aliphatic heterocycles. The topological polar surface area (TPSA) is 65.0 Å². The van der Waals surface area contributed by atoms with E-state index >= 15 is 0 Å². The average Bonchev–Trinajstić information content (AvgIpc) is 3.67. The van der Waals surface area contributed by atoms with E-state index in [0.717, 1.165) is 71.7 Å². The molecule has 0 saturated carbocycles. The van der Waals surface area contributed by atoms with Crippen LogP contribution in [-0.2, 0) is 0 Å². The molecule has 0 saturated heterocycles. The number of furan rings is 2. The van der Waals surface area contributed by atoms with E-state index in [2.05, 4.69) is 48.5 Å². The van der Waals surface area contributed by atoms with Crippen LogP contribution >= 0.6 is 0 Å². The van der Waals surface area contributed by atoms with Gasteiger partial charge in [0.05, 0.1) is 5.56 Å². The van der Waals surface area contributed by atoms with Gasteiger partial charge in [-0.05, 0) is 29.8 Å². The maximum Gasteiger partial charge on any atom is 0.167 e. The summed E-state index contributed by atoms with van der Waals surface area (Å²) in [7, 11) is 0. The number of aromatic nitrogens is 3. The molecular formula is C39H23N3O2. The summed E-state index contributed by atoms with van der Waals surface area (Å²) in [5.41, 5.74) is 7.95. The van der Waals surface area contributed by atoms with Gasteiger partial charge in [-0.1, -0.05) is 115 Å². The van der Waals surface area contributed by atoms with Gasteiger partial charge in [-0.15, -0.1) is 0 Å². The van der Waals surface area contributed by atoms with E-state index < -0.39 is 0 Å². The monoisotopic (exact) mass is 565 g/mol. The van der Waals surface area contributed by atoms with E-state index in [9.17, 15) is 0 Å². The fourth-order valence-corrected chi connectivity index (χ4v) is 6.05. The molecule has 206 valence electrons. The van der Waals surface area contributed by atoms with Crippen molar-refractivity contribution in [2.75, 3.05) is 0 Å². The molecule has 0 unspecified atom stereocenters. The molecule has 5 nitrogen and oxygen atoms in total. The molecule has 0 radical (unpaired) electrons. The third kappa shape index (κ3) is 3.91. The summed E-state index contributed by atoms with van der Waals surface area (Å²) < 4.78 is 12.9. The quantitative estimate of drug-likeness (QED) is 0.212. The molecular weight excluding hydrogens is 542 g/mol. The maximum absolute atomic E-state index is 6.69. The predicted molar refractivity (Wildman–Crippen MR) is 176 cm³/mol. The molecule has 6 aromatic carbocycles. The normalized spacial score (nSPS) is 11.6. The number of rotatable bonds is 4. The number of para-hydroxylation sites is 3. The summed E-state index contributed by atoms with van der Waals surface area (Å²) in [6.45, 7) is 0. The van der Waals surface area contributed by atoms with Gasteiger partial charge in [0.2, 0.25) is 0 Å².